The van der Waals surface area contributed by atoms with E-state index in [2.05, 4.69) is 31.6 Å². The summed E-state index contributed by atoms with van der Waals surface area (Å²) in [4.78, 5) is 33.2. The van der Waals surface area contributed by atoms with Gasteiger partial charge in [0.05, 0.1) is 18.6 Å². The number of fused-ring (bicyclic) bond motifs is 1. The molecule has 3 aliphatic rings. The minimum absolute atomic E-state index is 0.0328. The zero-order chi connectivity index (χ0) is 22.8. The number of rotatable bonds is 5. The van der Waals surface area contributed by atoms with Crippen molar-refractivity contribution in [1.82, 2.24) is 29.9 Å². The van der Waals surface area contributed by atoms with Crippen LogP contribution in [0, 0.1) is 5.92 Å². The summed E-state index contributed by atoms with van der Waals surface area (Å²) in [6.45, 7) is 1.02. The normalized spacial score (nSPS) is 23.0. The van der Waals surface area contributed by atoms with Crippen LogP contribution >= 0.6 is 0 Å². The molecule has 2 aromatic heterocycles. The molecule has 2 N–H and O–H groups in total. The first-order chi connectivity index (χ1) is 16.1. The van der Waals surface area contributed by atoms with E-state index in [1.54, 1.807) is 0 Å². The third-order valence-electron chi connectivity index (χ3n) is 6.41. The first-order valence-corrected chi connectivity index (χ1v) is 11.6. The van der Waals surface area contributed by atoms with Gasteiger partial charge in [0, 0.05) is 31.8 Å². The summed E-state index contributed by atoms with van der Waals surface area (Å²) in [6, 6.07) is 1.49. The zero-order valence-corrected chi connectivity index (χ0v) is 18.8. The maximum Gasteiger partial charge on any atom is 0.275 e. The summed E-state index contributed by atoms with van der Waals surface area (Å²) < 4.78 is 7.44. The number of ether oxygens (including phenoxy) is 1. The van der Waals surface area contributed by atoms with Crippen molar-refractivity contribution in [1.29, 1.82) is 0 Å². The molecule has 1 amide bonds. The van der Waals surface area contributed by atoms with Crippen molar-refractivity contribution in [2.24, 2.45) is 11.0 Å². The van der Waals surface area contributed by atoms with Gasteiger partial charge in [0.1, 0.15) is 5.84 Å². The number of carbonyl (C=O) groups excluding carboxylic acids is 1. The molecule has 0 saturated heterocycles. The summed E-state index contributed by atoms with van der Waals surface area (Å²) in [5.74, 6) is 1.42. The summed E-state index contributed by atoms with van der Waals surface area (Å²) in [5, 5.41) is 13.5. The van der Waals surface area contributed by atoms with E-state index >= 15 is 0 Å². The van der Waals surface area contributed by atoms with Crippen LogP contribution in [-0.2, 0) is 16.1 Å². The number of amidine groups is 1. The lowest BCUT2D eigenvalue weighted by Gasteiger charge is -2.30. The summed E-state index contributed by atoms with van der Waals surface area (Å²) in [7, 11) is 1.89. The average Bonchev–Trinajstić information content (AvgIpc) is 3.45. The Morgan fingerprint density at radius 2 is 2.18 bits per heavy atom. The van der Waals surface area contributed by atoms with Crippen molar-refractivity contribution >= 4 is 23.1 Å². The van der Waals surface area contributed by atoms with Gasteiger partial charge < -0.3 is 15.0 Å². The Balaban J connectivity index is 1.28. The number of amides is 1. The molecular weight excluding hydrogens is 422 g/mol. The van der Waals surface area contributed by atoms with Gasteiger partial charge in [-0.25, -0.2) is 0 Å². The number of aromatic nitrogens is 4. The molecule has 3 heterocycles. The van der Waals surface area contributed by atoms with Gasteiger partial charge in [-0.15, -0.1) is 5.10 Å². The standard InChI is InChI=1S/C23H29N7O3/c1-29-12-11-19(27-29)25-22(32)17-9-5-6-10-18(17)33-14-16-13-20(31)30-23(24-16)26-21(28-30)15-7-3-2-4-8-15/h2-3,7,13,17-18H,4-6,8-12,14H2,1H3,(H,24,26,28)(H,25,27,32). The fourth-order valence-corrected chi connectivity index (χ4v) is 4.63. The molecule has 1 fully saturated rings. The molecule has 2 aromatic rings. The second-order valence-electron chi connectivity index (χ2n) is 8.87. The highest BCUT2D eigenvalue weighted by atomic mass is 16.5. The van der Waals surface area contributed by atoms with E-state index in [1.807, 2.05) is 24.2 Å². The minimum atomic E-state index is -0.255. The molecule has 0 spiro atoms. The van der Waals surface area contributed by atoms with Gasteiger partial charge in [0.25, 0.3) is 5.56 Å². The molecule has 174 valence electrons. The fraction of sp³-hybridized carbons (Fsp3) is 0.522. The number of nitrogens with zero attached hydrogens (tertiary/aromatic N) is 5. The highest BCUT2D eigenvalue weighted by Gasteiger charge is 2.33. The third kappa shape index (κ3) is 4.75. The number of carbonyl (C=O) groups is 1. The van der Waals surface area contributed by atoms with Crippen LogP contribution < -0.4 is 10.9 Å². The molecule has 0 bridgehead atoms. The van der Waals surface area contributed by atoms with E-state index < -0.39 is 0 Å². The molecule has 2 atom stereocenters. The molecule has 0 aromatic carbocycles. The third-order valence-corrected chi connectivity index (χ3v) is 6.41. The fourth-order valence-electron chi connectivity index (χ4n) is 4.63. The van der Waals surface area contributed by atoms with Crippen LogP contribution in [0.1, 0.15) is 56.5 Å². The summed E-state index contributed by atoms with van der Waals surface area (Å²) in [5.41, 5.74) is 1.38. The van der Waals surface area contributed by atoms with Gasteiger partial charge in [0.15, 0.2) is 5.82 Å². The number of aromatic amines is 1. The Bertz CT molecular complexity index is 1190. The molecule has 1 saturated carbocycles. The van der Waals surface area contributed by atoms with Crippen molar-refractivity contribution in [3.8, 4) is 0 Å². The maximum atomic E-state index is 12.9. The molecular formula is C23H29N7O3. The van der Waals surface area contributed by atoms with Gasteiger partial charge in [-0.3, -0.25) is 14.6 Å². The lowest BCUT2D eigenvalue weighted by molar-refractivity contribution is -0.131. The number of hydrazone groups is 1. The van der Waals surface area contributed by atoms with Crippen molar-refractivity contribution in [2.75, 3.05) is 13.6 Å². The Morgan fingerprint density at radius 1 is 1.30 bits per heavy atom. The second-order valence-corrected chi connectivity index (χ2v) is 8.87. The van der Waals surface area contributed by atoms with Gasteiger partial charge in [-0.05, 0) is 31.3 Å². The van der Waals surface area contributed by atoms with Gasteiger partial charge in [-0.1, -0.05) is 31.1 Å². The molecule has 10 nitrogen and oxygen atoms in total. The predicted octanol–water partition coefficient (Wildman–Crippen LogP) is 1.99. The van der Waals surface area contributed by atoms with E-state index in [1.165, 1.54) is 10.6 Å². The van der Waals surface area contributed by atoms with Crippen LogP contribution in [0.5, 0.6) is 0 Å². The maximum absolute atomic E-state index is 12.9. The molecule has 5 rings (SSSR count). The average molecular weight is 452 g/mol. The second kappa shape index (κ2) is 9.30. The molecule has 2 aliphatic carbocycles. The largest absolute Gasteiger partial charge is 0.371 e. The Hall–Kier alpha value is -3.27. The molecule has 33 heavy (non-hydrogen) atoms. The predicted molar refractivity (Wildman–Crippen MR) is 123 cm³/mol. The van der Waals surface area contributed by atoms with E-state index in [-0.39, 0.29) is 30.1 Å². The van der Waals surface area contributed by atoms with Crippen molar-refractivity contribution in [2.45, 2.75) is 57.7 Å². The number of hydrogen-bond donors (Lipinski definition) is 2. The monoisotopic (exact) mass is 451 g/mol. The number of H-pyrrole nitrogens is 1. The van der Waals surface area contributed by atoms with E-state index in [4.69, 9.17) is 4.74 Å². The highest BCUT2D eigenvalue weighted by Crippen LogP contribution is 2.28. The highest BCUT2D eigenvalue weighted by molar-refractivity contribution is 5.99. The number of hydrogen-bond acceptors (Lipinski definition) is 7. The molecule has 0 radical (unpaired) electrons. The summed E-state index contributed by atoms with van der Waals surface area (Å²) >= 11 is 0. The molecule has 1 aliphatic heterocycles. The van der Waals surface area contributed by atoms with Crippen LogP contribution in [-0.4, -0.2) is 56.0 Å². The minimum Gasteiger partial charge on any atom is -0.371 e. The van der Waals surface area contributed by atoms with Gasteiger partial charge in [-0.2, -0.15) is 14.6 Å². The molecule has 2 unspecified atom stereocenters. The molecule has 10 heteroatoms. The SMILES string of the molecule is CN1CCC(NC(=O)C2CCCCC2OCc2cc(=O)n3nc(C4=CC=CCC4)nc3[nH]2)=N1. The van der Waals surface area contributed by atoms with Crippen LogP contribution in [0.3, 0.4) is 0 Å². The zero-order valence-electron chi connectivity index (χ0n) is 18.8. The summed E-state index contributed by atoms with van der Waals surface area (Å²) in [6.07, 6.45) is 12.0. The van der Waals surface area contributed by atoms with Gasteiger partial charge in [0.2, 0.25) is 11.7 Å². The quantitative estimate of drug-likeness (QED) is 0.718. The van der Waals surface area contributed by atoms with Crippen molar-refractivity contribution < 1.29 is 9.53 Å². The van der Waals surface area contributed by atoms with E-state index in [0.29, 0.717) is 23.1 Å². The Kier molecular flexibility index (Phi) is 6.08. The smallest absolute Gasteiger partial charge is 0.275 e. The lowest BCUT2D eigenvalue weighted by atomic mass is 9.85. The van der Waals surface area contributed by atoms with Crippen molar-refractivity contribution in [3.63, 3.8) is 0 Å². The van der Waals surface area contributed by atoms with Crippen LogP contribution in [0.15, 0.2) is 34.2 Å². The lowest BCUT2D eigenvalue weighted by Crippen LogP contribution is -2.42. The number of nitrogens with one attached hydrogen (secondary N) is 2. The Labute approximate surface area is 191 Å². The van der Waals surface area contributed by atoms with Crippen LogP contribution in [0.2, 0.25) is 0 Å². The van der Waals surface area contributed by atoms with Gasteiger partial charge >= 0.3 is 0 Å². The topological polar surface area (TPSA) is 117 Å². The Morgan fingerprint density at radius 3 is 2.97 bits per heavy atom. The van der Waals surface area contributed by atoms with Crippen LogP contribution in [0.4, 0.5) is 0 Å². The van der Waals surface area contributed by atoms with E-state index in [0.717, 1.165) is 57.1 Å². The van der Waals surface area contributed by atoms with E-state index in [9.17, 15) is 9.59 Å². The van der Waals surface area contributed by atoms with Crippen molar-refractivity contribution in [3.05, 3.63) is 46.2 Å². The number of allylic oxidation sites excluding steroid dienone is 4. The first-order valence-electron chi connectivity index (χ1n) is 11.6. The van der Waals surface area contributed by atoms with Crippen LogP contribution in [0.25, 0.3) is 11.4 Å². The first kappa shape index (κ1) is 21.6.